The van der Waals surface area contributed by atoms with Gasteiger partial charge in [-0.1, -0.05) is 56.3 Å². The van der Waals surface area contributed by atoms with Crippen LogP contribution < -0.4 is 5.32 Å². The first-order valence-electron chi connectivity index (χ1n) is 9.61. The van der Waals surface area contributed by atoms with E-state index in [1.165, 1.54) is 12.1 Å². The Morgan fingerprint density at radius 2 is 1.68 bits per heavy atom. The number of rotatable bonds is 11. The van der Waals surface area contributed by atoms with E-state index in [1.807, 2.05) is 44.2 Å². The van der Waals surface area contributed by atoms with Gasteiger partial charge >= 0.3 is 0 Å². The van der Waals surface area contributed by atoms with Crippen molar-refractivity contribution in [2.24, 2.45) is 11.8 Å². The first-order valence-corrected chi connectivity index (χ1v) is 10.8. The second-order valence-electron chi connectivity index (χ2n) is 7.23. The topological polar surface area (TPSA) is 46.2 Å². The van der Waals surface area contributed by atoms with Gasteiger partial charge in [0.25, 0.3) is 0 Å². The highest BCUT2D eigenvalue weighted by Gasteiger charge is 2.24. The molecule has 28 heavy (non-hydrogen) atoms. The van der Waals surface area contributed by atoms with Crippen molar-refractivity contribution in [3.05, 3.63) is 71.5 Å². The molecular weight excluding hydrogens is 373 g/mol. The summed E-state index contributed by atoms with van der Waals surface area (Å²) in [6.07, 6.45) is 0.631. The van der Waals surface area contributed by atoms with Crippen LogP contribution in [0, 0.1) is 17.7 Å². The van der Waals surface area contributed by atoms with Gasteiger partial charge < -0.3 is 5.32 Å². The molecule has 0 aliphatic heterocycles. The summed E-state index contributed by atoms with van der Waals surface area (Å²) in [5.74, 6) is 1.14. The van der Waals surface area contributed by atoms with Crippen LogP contribution in [0.25, 0.3) is 0 Å². The summed E-state index contributed by atoms with van der Waals surface area (Å²) in [5, 5.41) is 2.96. The van der Waals surface area contributed by atoms with E-state index in [9.17, 15) is 14.0 Å². The summed E-state index contributed by atoms with van der Waals surface area (Å²) in [7, 11) is 0. The summed E-state index contributed by atoms with van der Waals surface area (Å²) in [6, 6.07) is 16.1. The number of nitrogens with one attached hydrogen (secondary N) is 1. The Bertz CT molecular complexity index is 747. The van der Waals surface area contributed by atoms with Crippen LogP contribution in [-0.4, -0.2) is 24.0 Å². The van der Waals surface area contributed by atoms with Crippen molar-refractivity contribution in [3.8, 4) is 0 Å². The Labute approximate surface area is 171 Å². The molecule has 1 atom stereocenters. The van der Waals surface area contributed by atoms with Gasteiger partial charge in [0.2, 0.25) is 5.91 Å². The molecule has 0 bridgehead atoms. The smallest absolute Gasteiger partial charge is 0.223 e. The molecule has 0 spiro atoms. The molecule has 2 aromatic rings. The minimum Gasteiger partial charge on any atom is -0.355 e. The van der Waals surface area contributed by atoms with Gasteiger partial charge in [0.15, 0.2) is 0 Å². The molecule has 5 heteroatoms. The average molecular weight is 402 g/mol. The Balaban J connectivity index is 1.72. The Morgan fingerprint density at radius 3 is 2.32 bits per heavy atom. The number of thioether (sulfide) groups is 1. The summed E-state index contributed by atoms with van der Waals surface area (Å²) in [6.45, 7) is 4.51. The number of hydrogen-bond acceptors (Lipinski definition) is 3. The quantitative estimate of drug-likeness (QED) is 0.558. The maximum absolute atomic E-state index is 12.9. The van der Waals surface area contributed by atoms with Gasteiger partial charge in [-0.15, -0.1) is 0 Å². The zero-order valence-electron chi connectivity index (χ0n) is 16.5. The van der Waals surface area contributed by atoms with Gasteiger partial charge in [-0.05, 0) is 29.2 Å². The third kappa shape index (κ3) is 7.85. The number of ketones is 1. The highest BCUT2D eigenvalue weighted by atomic mass is 32.2. The number of halogens is 1. The van der Waals surface area contributed by atoms with Crippen LogP contribution in [0.4, 0.5) is 4.39 Å². The van der Waals surface area contributed by atoms with Gasteiger partial charge in [-0.25, -0.2) is 4.39 Å². The minimum atomic E-state index is -0.307. The van der Waals surface area contributed by atoms with Crippen LogP contribution in [0.3, 0.4) is 0 Å². The minimum absolute atomic E-state index is 0.0567. The first kappa shape index (κ1) is 22.2. The van der Waals surface area contributed by atoms with Crippen LogP contribution in [0.2, 0.25) is 0 Å². The summed E-state index contributed by atoms with van der Waals surface area (Å²) >= 11 is 1.69. The second-order valence-corrected chi connectivity index (χ2v) is 8.33. The van der Waals surface area contributed by atoms with E-state index >= 15 is 0 Å². The predicted octanol–water partition coefficient (Wildman–Crippen LogP) is 4.65. The van der Waals surface area contributed by atoms with Crippen LogP contribution >= 0.6 is 11.8 Å². The first-order chi connectivity index (χ1) is 13.5. The van der Waals surface area contributed by atoms with Gasteiger partial charge in [-0.3, -0.25) is 9.59 Å². The molecular formula is C23H28FNO2S. The van der Waals surface area contributed by atoms with Gasteiger partial charge in [0, 0.05) is 36.8 Å². The molecule has 0 saturated heterocycles. The highest BCUT2D eigenvalue weighted by molar-refractivity contribution is 7.98. The fourth-order valence-corrected chi connectivity index (χ4v) is 3.74. The molecule has 1 unspecified atom stereocenters. The number of carbonyl (C=O) groups is 2. The van der Waals surface area contributed by atoms with E-state index in [1.54, 1.807) is 23.9 Å². The molecule has 2 rings (SSSR count). The highest BCUT2D eigenvalue weighted by Crippen LogP contribution is 2.18. The van der Waals surface area contributed by atoms with E-state index in [2.05, 4.69) is 5.32 Å². The zero-order valence-corrected chi connectivity index (χ0v) is 17.3. The predicted molar refractivity (Wildman–Crippen MR) is 114 cm³/mol. The van der Waals surface area contributed by atoms with E-state index < -0.39 is 0 Å². The lowest BCUT2D eigenvalue weighted by atomic mass is 9.88. The van der Waals surface area contributed by atoms with Crippen molar-refractivity contribution in [3.63, 3.8) is 0 Å². The van der Waals surface area contributed by atoms with Gasteiger partial charge in [0.1, 0.15) is 11.6 Å². The molecule has 0 heterocycles. The van der Waals surface area contributed by atoms with Crippen LogP contribution in [0.15, 0.2) is 54.6 Å². The third-order valence-corrected chi connectivity index (χ3v) is 5.59. The van der Waals surface area contributed by atoms with Crippen molar-refractivity contribution in [2.75, 3.05) is 12.3 Å². The molecule has 0 aliphatic rings. The van der Waals surface area contributed by atoms with Gasteiger partial charge in [0.05, 0.1) is 0 Å². The molecule has 2 aromatic carbocycles. The summed E-state index contributed by atoms with van der Waals surface area (Å²) < 4.78 is 12.9. The van der Waals surface area contributed by atoms with Crippen LogP contribution in [-0.2, 0) is 21.8 Å². The van der Waals surface area contributed by atoms with E-state index in [0.717, 1.165) is 22.6 Å². The molecule has 0 aromatic heterocycles. The fourth-order valence-electron chi connectivity index (χ4n) is 2.92. The van der Waals surface area contributed by atoms with Crippen molar-refractivity contribution in [2.45, 2.75) is 32.4 Å². The average Bonchev–Trinajstić information content (AvgIpc) is 2.67. The zero-order chi connectivity index (χ0) is 20.4. The van der Waals surface area contributed by atoms with Crippen molar-refractivity contribution >= 4 is 23.5 Å². The molecule has 1 amide bonds. The standard InChI is InChI=1S/C23H28FNO2S/c1-17(2)22(15-21(26)14-18-6-4-3-5-7-18)23(27)25-12-13-28-16-19-8-10-20(24)11-9-19/h3-11,17,22H,12-16H2,1-2H3,(H,25,27). The lowest BCUT2D eigenvalue weighted by Crippen LogP contribution is -2.36. The van der Waals surface area contributed by atoms with E-state index in [-0.39, 0.29) is 35.8 Å². The van der Waals surface area contributed by atoms with Crippen LogP contribution in [0.1, 0.15) is 31.4 Å². The third-order valence-electron chi connectivity index (χ3n) is 4.56. The molecule has 1 N–H and O–H groups in total. The Kier molecular flexibility index (Phi) is 9.21. The second kappa shape index (κ2) is 11.6. The van der Waals surface area contributed by atoms with Gasteiger partial charge in [-0.2, -0.15) is 11.8 Å². The SMILES string of the molecule is CC(C)C(CC(=O)Cc1ccccc1)C(=O)NCCSCc1ccc(F)cc1. The lowest BCUT2D eigenvalue weighted by Gasteiger charge is -2.19. The van der Waals surface area contributed by atoms with E-state index in [4.69, 9.17) is 0 Å². The van der Waals surface area contributed by atoms with Crippen molar-refractivity contribution < 1.29 is 14.0 Å². The number of amides is 1. The Morgan fingerprint density at radius 1 is 1.00 bits per heavy atom. The monoisotopic (exact) mass is 401 g/mol. The molecule has 0 saturated carbocycles. The maximum Gasteiger partial charge on any atom is 0.223 e. The summed E-state index contributed by atoms with van der Waals surface area (Å²) in [4.78, 5) is 24.9. The number of carbonyl (C=O) groups excluding carboxylic acids is 2. The molecule has 3 nitrogen and oxygen atoms in total. The summed E-state index contributed by atoms with van der Waals surface area (Å²) in [5.41, 5.74) is 2.04. The normalized spacial score (nSPS) is 12.0. The number of hydrogen-bond donors (Lipinski definition) is 1. The Hall–Kier alpha value is -2.14. The number of benzene rings is 2. The molecule has 0 aliphatic carbocycles. The fraction of sp³-hybridized carbons (Fsp3) is 0.391. The van der Waals surface area contributed by atoms with E-state index in [0.29, 0.717) is 13.0 Å². The van der Waals surface area contributed by atoms with Crippen LogP contribution in [0.5, 0.6) is 0 Å². The molecule has 150 valence electrons. The largest absolute Gasteiger partial charge is 0.355 e. The molecule has 0 radical (unpaired) electrons. The molecule has 0 fully saturated rings. The van der Waals surface area contributed by atoms with Crippen molar-refractivity contribution in [1.29, 1.82) is 0 Å². The number of Topliss-reactive ketones (excluding diaryl/α,β-unsaturated/α-hetero) is 1. The van der Waals surface area contributed by atoms with Crippen molar-refractivity contribution in [1.82, 2.24) is 5.32 Å². The maximum atomic E-state index is 12.9. The lowest BCUT2D eigenvalue weighted by molar-refractivity contribution is -0.130.